The summed E-state index contributed by atoms with van der Waals surface area (Å²) in [5, 5.41) is 3.01. The molecule has 1 atom stereocenters. The van der Waals surface area contributed by atoms with E-state index >= 15 is 0 Å². The molecule has 0 spiro atoms. The van der Waals surface area contributed by atoms with Gasteiger partial charge in [0.15, 0.2) is 0 Å². The van der Waals surface area contributed by atoms with E-state index in [0.717, 1.165) is 31.5 Å². The van der Waals surface area contributed by atoms with Gasteiger partial charge >= 0.3 is 6.09 Å². The number of piperidine rings is 1. The quantitative estimate of drug-likeness (QED) is 0.681. The van der Waals surface area contributed by atoms with E-state index in [-0.39, 0.29) is 36.1 Å². The van der Waals surface area contributed by atoms with Gasteiger partial charge in [-0.3, -0.25) is 14.5 Å². The van der Waals surface area contributed by atoms with Crippen LogP contribution in [0.4, 0.5) is 9.18 Å². The van der Waals surface area contributed by atoms with Gasteiger partial charge in [-0.2, -0.15) is 0 Å². The highest BCUT2D eigenvalue weighted by atomic mass is 19.1. The van der Waals surface area contributed by atoms with E-state index in [1.807, 2.05) is 20.8 Å². The number of halogens is 1. The number of carbonyl (C=O) groups is 3. The first-order chi connectivity index (χ1) is 16.1. The molecule has 1 N–H and O–H groups in total. The number of benzene rings is 1. The Hall–Kier alpha value is -2.68. The summed E-state index contributed by atoms with van der Waals surface area (Å²) < 4.78 is 18.5. The number of hydrogen-bond acceptors (Lipinski definition) is 5. The van der Waals surface area contributed by atoms with Gasteiger partial charge in [0.2, 0.25) is 11.8 Å². The van der Waals surface area contributed by atoms with Gasteiger partial charge in [0.05, 0.1) is 12.3 Å². The number of amides is 3. The Labute approximate surface area is 201 Å². The molecule has 0 radical (unpaired) electrons. The number of nitrogens with one attached hydrogen (secondary N) is 1. The van der Waals surface area contributed by atoms with E-state index in [9.17, 15) is 18.8 Å². The van der Waals surface area contributed by atoms with Crippen molar-refractivity contribution in [2.24, 2.45) is 5.92 Å². The van der Waals surface area contributed by atoms with Crippen molar-refractivity contribution in [3.63, 3.8) is 0 Å². The Morgan fingerprint density at radius 2 is 1.71 bits per heavy atom. The molecule has 0 saturated carbocycles. The molecule has 3 amide bonds. The van der Waals surface area contributed by atoms with Crippen LogP contribution in [-0.2, 0) is 20.7 Å². The number of carbonyl (C=O) groups excluding carboxylic acids is 3. The summed E-state index contributed by atoms with van der Waals surface area (Å²) >= 11 is 0. The van der Waals surface area contributed by atoms with E-state index in [1.165, 1.54) is 12.1 Å². The average Bonchev–Trinajstić information content (AvgIpc) is 2.80. The van der Waals surface area contributed by atoms with Crippen molar-refractivity contribution in [3.8, 4) is 0 Å². The number of nitrogens with zero attached hydrogens (tertiary/aromatic N) is 3. The van der Waals surface area contributed by atoms with Crippen LogP contribution >= 0.6 is 0 Å². The van der Waals surface area contributed by atoms with Crippen molar-refractivity contribution in [1.82, 2.24) is 20.0 Å². The van der Waals surface area contributed by atoms with Gasteiger partial charge in [-0.1, -0.05) is 12.1 Å². The van der Waals surface area contributed by atoms with Gasteiger partial charge in [0.25, 0.3) is 0 Å². The van der Waals surface area contributed by atoms with Crippen LogP contribution in [0.3, 0.4) is 0 Å². The maximum Gasteiger partial charge on any atom is 0.410 e. The molecule has 0 bridgehead atoms. The van der Waals surface area contributed by atoms with Gasteiger partial charge < -0.3 is 19.9 Å². The van der Waals surface area contributed by atoms with E-state index in [2.05, 4.69) is 10.2 Å². The zero-order valence-corrected chi connectivity index (χ0v) is 20.5. The zero-order valence-electron chi connectivity index (χ0n) is 20.5. The zero-order chi connectivity index (χ0) is 24.7. The number of hydrogen-bond donors (Lipinski definition) is 1. The van der Waals surface area contributed by atoms with Crippen molar-refractivity contribution in [3.05, 3.63) is 35.6 Å². The summed E-state index contributed by atoms with van der Waals surface area (Å²) in [5.74, 6) is -0.593. The summed E-state index contributed by atoms with van der Waals surface area (Å²) in [6, 6.07) is 5.95. The first-order valence-corrected chi connectivity index (χ1v) is 12.1. The lowest BCUT2D eigenvalue weighted by Crippen LogP contribution is -2.52. The lowest BCUT2D eigenvalue weighted by molar-refractivity contribution is -0.135. The summed E-state index contributed by atoms with van der Waals surface area (Å²) in [6.07, 6.45) is 1.49. The van der Waals surface area contributed by atoms with Crippen LogP contribution in [0.1, 0.15) is 39.2 Å². The summed E-state index contributed by atoms with van der Waals surface area (Å²) in [4.78, 5) is 43.2. The third-order valence-corrected chi connectivity index (χ3v) is 6.16. The number of rotatable bonds is 6. The Morgan fingerprint density at radius 1 is 1.03 bits per heavy atom. The predicted octanol–water partition coefficient (Wildman–Crippen LogP) is 2.28. The molecule has 2 aliphatic heterocycles. The van der Waals surface area contributed by atoms with Crippen LogP contribution < -0.4 is 5.32 Å². The van der Waals surface area contributed by atoms with Crippen LogP contribution in [0.2, 0.25) is 0 Å². The van der Waals surface area contributed by atoms with Crippen molar-refractivity contribution >= 4 is 17.9 Å². The van der Waals surface area contributed by atoms with Gasteiger partial charge in [0, 0.05) is 52.4 Å². The minimum absolute atomic E-state index is 0.0216. The van der Waals surface area contributed by atoms with Crippen LogP contribution in [0, 0.1) is 11.7 Å². The van der Waals surface area contributed by atoms with Gasteiger partial charge in [-0.15, -0.1) is 0 Å². The lowest BCUT2D eigenvalue weighted by atomic mass is 9.96. The van der Waals surface area contributed by atoms with Crippen LogP contribution in [0.25, 0.3) is 0 Å². The second-order valence-electron chi connectivity index (χ2n) is 10.1. The smallest absolute Gasteiger partial charge is 0.410 e. The number of piperazine rings is 1. The molecule has 3 rings (SSSR count). The fourth-order valence-electron chi connectivity index (χ4n) is 4.27. The molecule has 2 fully saturated rings. The van der Waals surface area contributed by atoms with Gasteiger partial charge in [0.1, 0.15) is 11.4 Å². The van der Waals surface area contributed by atoms with E-state index in [4.69, 9.17) is 4.74 Å². The minimum atomic E-state index is -0.501. The molecule has 8 nitrogen and oxygen atoms in total. The molecule has 188 valence electrons. The fraction of sp³-hybridized carbons (Fsp3) is 0.640. The highest BCUT2D eigenvalue weighted by Gasteiger charge is 2.29. The Kier molecular flexibility index (Phi) is 8.88. The normalized spacial score (nSPS) is 19.6. The molecule has 0 aromatic heterocycles. The van der Waals surface area contributed by atoms with E-state index < -0.39 is 5.60 Å². The molecule has 0 aliphatic carbocycles. The lowest BCUT2D eigenvalue weighted by Gasteiger charge is -2.35. The summed E-state index contributed by atoms with van der Waals surface area (Å²) in [7, 11) is 0. The summed E-state index contributed by atoms with van der Waals surface area (Å²) in [6.45, 7) is 10.6. The standard InChI is InChI=1S/C25H37FN4O4/c1-25(2,3)34-24(33)29-15-13-28(14-16-29)12-10-27-23(32)20-5-4-11-30(18-20)22(31)17-19-6-8-21(26)9-7-19/h6-9,20H,4-5,10-18H2,1-3H3,(H,27,32). The first kappa shape index (κ1) is 25.9. The maximum atomic E-state index is 13.1. The SMILES string of the molecule is CC(C)(C)OC(=O)N1CCN(CCNC(=O)C2CCCN(C(=O)Cc3ccc(F)cc3)C2)CC1. The topological polar surface area (TPSA) is 82.2 Å². The molecule has 2 saturated heterocycles. The molecular weight excluding hydrogens is 439 g/mol. The van der Waals surface area contributed by atoms with Crippen LogP contribution in [0.5, 0.6) is 0 Å². The van der Waals surface area contributed by atoms with Crippen LogP contribution in [0.15, 0.2) is 24.3 Å². The third kappa shape index (κ3) is 7.97. The number of likely N-dealkylation sites (tertiary alicyclic amines) is 1. The van der Waals surface area contributed by atoms with Crippen molar-refractivity contribution in [1.29, 1.82) is 0 Å². The third-order valence-electron chi connectivity index (χ3n) is 6.16. The molecule has 2 heterocycles. The molecule has 34 heavy (non-hydrogen) atoms. The minimum Gasteiger partial charge on any atom is -0.444 e. The number of ether oxygens (including phenoxy) is 1. The molecular formula is C25H37FN4O4. The largest absolute Gasteiger partial charge is 0.444 e. The maximum absolute atomic E-state index is 13.1. The van der Waals surface area contributed by atoms with Crippen LogP contribution in [-0.4, -0.2) is 90.6 Å². The molecule has 1 aromatic carbocycles. The average molecular weight is 477 g/mol. The first-order valence-electron chi connectivity index (χ1n) is 12.1. The summed E-state index contributed by atoms with van der Waals surface area (Å²) in [5.41, 5.74) is 0.267. The second kappa shape index (κ2) is 11.6. The highest BCUT2D eigenvalue weighted by molar-refractivity contribution is 5.82. The fourth-order valence-corrected chi connectivity index (χ4v) is 4.27. The van der Waals surface area contributed by atoms with Crippen molar-refractivity contribution < 1.29 is 23.5 Å². The predicted molar refractivity (Wildman–Crippen MR) is 127 cm³/mol. The molecule has 9 heteroatoms. The Bertz CT molecular complexity index is 847. The Balaban J connectivity index is 1.36. The van der Waals surface area contributed by atoms with Gasteiger partial charge in [-0.25, -0.2) is 9.18 Å². The molecule has 2 aliphatic rings. The second-order valence-corrected chi connectivity index (χ2v) is 10.1. The molecule has 1 unspecified atom stereocenters. The molecule has 1 aromatic rings. The van der Waals surface area contributed by atoms with E-state index in [0.29, 0.717) is 39.3 Å². The Morgan fingerprint density at radius 3 is 2.35 bits per heavy atom. The monoisotopic (exact) mass is 476 g/mol. The van der Waals surface area contributed by atoms with Gasteiger partial charge in [-0.05, 0) is 51.3 Å². The highest BCUT2D eigenvalue weighted by Crippen LogP contribution is 2.18. The van der Waals surface area contributed by atoms with E-state index in [1.54, 1.807) is 21.9 Å². The van der Waals surface area contributed by atoms with Crippen molar-refractivity contribution in [2.45, 2.75) is 45.6 Å². The van der Waals surface area contributed by atoms with Crippen molar-refractivity contribution in [2.75, 3.05) is 52.4 Å².